The summed E-state index contributed by atoms with van der Waals surface area (Å²) in [5.74, 6) is -0.952. The molecule has 0 bridgehead atoms. The Labute approximate surface area is 136 Å². The summed E-state index contributed by atoms with van der Waals surface area (Å²) in [4.78, 5) is 12.5. The van der Waals surface area contributed by atoms with E-state index in [0.717, 1.165) is 19.3 Å². The summed E-state index contributed by atoms with van der Waals surface area (Å²) in [7, 11) is 0. The summed E-state index contributed by atoms with van der Waals surface area (Å²) in [6, 6.07) is 0. The minimum atomic E-state index is -0.633. The van der Waals surface area contributed by atoms with E-state index in [1.54, 1.807) is 0 Å². The van der Waals surface area contributed by atoms with Crippen LogP contribution in [0.25, 0.3) is 0 Å². The molecule has 3 aliphatic carbocycles. The average Bonchev–Trinajstić information content (AvgIpc) is 2.99. The maximum atomic E-state index is 12.5. The van der Waals surface area contributed by atoms with Gasteiger partial charge in [-0.1, -0.05) is 18.6 Å². The van der Waals surface area contributed by atoms with Gasteiger partial charge in [-0.25, -0.2) is 0 Å². The monoisotopic (exact) mass is 319 g/mol. The van der Waals surface area contributed by atoms with Crippen molar-refractivity contribution in [2.45, 2.75) is 50.9 Å². The molecule has 1 aliphatic heterocycles. The average molecular weight is 319 g/mol. The van der Waals surface area contributed by atoms with E-state index in [9.17, 15) is 15.0 Å². The van der Waals surface area contributed by atoms with Gasteiger partial charge < -0.3 is 19.7 Å². The number of aliphatic hydroxyl groups excluding tert-OH is 1. The van der Waals surface area contributed by atoms with Crippen molar-refractivity contribution >= 4 is 5.78 Å². The van der Waals surface area contributed by atoms with Crippen LogP contribution in [-0.4, -0.2) is 36.0 Å². The minimum absolute atomic E-state index is 0.0690. The number of rotatable bonds is 0. The van der Waals surface area contributed by atoms with Crippen LogP contribution in [0, 0.1) is 17.3 Å². The second-order valence-corrected chi connectivity index (χ2v) is 7.58. The largest absolute Gasteiger partial charge is 0.878 e. The molecule has 1 spiro atoms. The fourth-order valence-electron chi connectivity index (χ4n) is 5.24. The summed E-state index contributed by atoms with van der Waals surface area (Å²) < 4.78 is 11.7. The van der Waals surface area contributed by atoms with Crippen molar-refractivity contribution < 1.29 is 24.5 Å². The predicted molar refractivity (Wildman–Crippen MR) is 80.0 cm³/mol. The molecule has 126 valence electrons. The Kier molecular flexibility index (Phi) is 3.45. The highest BCUT2D eigenvalue weighted by Crippen LogP contribution is 2.59. The van der Waals surface area contributed by atoms with Gasteiger partial charge in [-0.05, 0) is 23.8 Å². The maximum Gasteiger partial charge on any atom is 0.172 e. The molecule has 2 saturated carbocycles. The number of hydrogen-bond donors (Lipinski definition) is 1. The maximum absolute atomic E-state index is 12.5. The molecule has 1 heterocycles. The van der Waals surface area contributed by atoms with Gasteiger partial charge in [0, 0.05) is 31.1 Å². The molecule has 0 aromatic rings. The third-order valence-corrected chi connectivity index (χ3v) is 6.46. The van der Waals surface area contributed by atoms with E-state index < -0.39 is 11.9 Å². The summed E-state index contributed by atoms with van der Waals surface area (Å²) in [5.41, 5.74) is 1.27. The Bertz CT molecular complexity index is 586. The van der Waals surface area contributed by atoms with Crippen molar-refractivity contribution in [3.63, 3.8) is 0 Å². The van der Waals surface area contributed by atoms with Gasteiger partial charge in [-0.15, -0.1) is 6.26 Å². The van der Waals surface area contributed by atoms with Gasteiger partial charge in [-0.3, -0.25) is 4.79 Å². The Balaban J connectivity index is 1.68. The Hall–Kier alpha value is -1.17. The molecule has 0 amide bonds. The molecular formula is C18H23O5-. The zero-order valence-electron chi connectivity index (χ0n) is 13.4. The van der Waals surface area contributed by atoms with E-state index in [1.807, 2.05) is 0 Å². The first kappa shape index (κ1) is 15.4. The normalized spacial score (nSPS) is 44.1. The van der Waals surface area contributed by atoms with Crippen molar-refractivity contribution in [3.05, 3.63) is 23.5 Å². The number of ether oxygens (including phenoxy) is 2. The topological polar surface area (TPSA) is 78.8 Å². The first-order chi connectivity index (χ1) is 11.0. The Morgan fingerprint density at radius 2 is 2.09 bits per heavy atom. The Morgan fingerprint density at radius 3 is 2.78 bits per heavy atom. The van der Waals surface area contributed by atoms with Gasteiger partial charge in [0.25, 0.3) is 0 Å². The Morgan fingerprint density at radius 1 is 1.35 bits per heavy atom. The molecule has 5 heteroatoms. The van der Waals surface area contributed by atoms with E-state index in [4.69, 9.17) is 9.47 Å². The molecule has 0 aromatic heterocycles. The number of allylic oxidation sites excluding steroid dienone is 1. The molecule has 4 rings (SSSR count). The zero-order chi connectivity index (χ0) is 16.2. The highest BCUT2D eigenvalue weighted by molar-refractivity contribution is 5.98. The highest BCUT2D eigenvalue weighted by atomic mass is 16.7. The molecule has 0 radical (unpaired) electrons. The third kappa shape index (κ3) is 2.13. The van der Waals surface area contributed by atoms with Crippen molar-refractivity contribution in [3.8, 4) is 0 Å². The summed E-state index contributed by atoms with van der Waals surface area (Å²) in [6.45, 7) is 3.42. The van der Waals surface area contributed by atoms with Gasteiger partial charge in [0.2, 0.25) is 0 Å². The van der Waals surface area contributed by atoms with Crippen LogP contribution in [0.2, 0.25) is 0 Å². The van der Waals surface area contributed by atoms with Crippen LogP contribution in [-0.2, 0) is 14.3 Å². The van der Waals surface area contributed by atoms with Crippen LogP contribution < -0.4 is 5.11 Å². The molecule has 23 heavy (non-hydrogen) atoms. The van der Waals surface area contributed by atoms with Crippen molar-refractivity contribution in [1.82, 2.24) is 0 Å². The van der Waals surface area contributed by atoms with Crippen LogP contribution >= 0.6 is 0 Å². The standard InChI is InChI=1S/C18H24O5/c1-17-4-5-18(22-6-7-23-18)9-12(17)2-3-13-15(17)14(20)8-11(10-19)16(13)21/h2,10,13-15,19-20H,3-9H2,1H3/p-1/b11-10-. The fourth-order valence-corrected chi connectivity index (χ4v) is 5.24. The van der Waals surface area contributed by atoms with Gasteiger partial charge >= 0.3 is 0 Å². The van der Waals surface area contributed by atoms with Crippen LogP contribution in [0.5, 0.6) is 0 Å². The number of Topliss-reactive ketones (excluding diaryl/α,β-unsaturated/α-hetero) is 1. The number of aliphatic hydroxyl groups is 1. The van der Waals surface area contributed by atoms with E-state index in [1.165, 1.54) is 5.57 Å². The number of ketones is 1. The molecule has 0 aromatic carbocycles. The smallest absolute Gasteiger partial charge is 0.172 e. The number of fused-ring (bicyclic) bond motifs is 3. The minimum Gasteiger partial charge on any atom is -0.878 e. The van der Waals surface area contributed by atoms with Gasteiger partial charge in [0.05, 0.1) is 19.3 Å². The number of carbonyl (C=O) groups excluding carboxylic acids is 1. The van der Waals surface area contributed by atoms with Crippen LogP contribution in [0.15, 0.2) is 23.5 Å². The van der Waals surface area contributed by atoms with Gasteiger partial charge in [-0.2, -0.15) is 0 Å². The van der Waals surface area contributed by atoms with Crippen LogP contribution in [0.4, 0.5) is 0 Å². The molecule has 1 N–H and O–H groups in total. The van der Waals surface area contributed by atoms with Crippen LogP contribution in [0.3, 0.4) is 0 Å². The summed E-state index contributed by atoms with van der Waals surface area (Å²) >= 11 is 0. The third-order valence-electron chi connectivity index (χ3n) is 6.46. The van der Waals surface area contributed by atoms with Crippen molar-refractivity contribution in [1.29, 1.82) is 0 Å². The first-order valence-electron chi connectivity index (χ1n) is 8.50. The molecule has 4 unspecified atom stereocenters. The number of carbonyl (C=O) groups is 1. The summed E-state index contributed by atoms with van der Waals surface area (Å²) in [5, 5.41) is 21.8. The van der Waals surface area contributed by atoms with Crippen molar-refractivity contribution in [2.75, 3.05) is 13.2 Å². The molecule has 4 atom stereocenters. The van der Waals surface area contributed by atoms with E-state index in [-0.39, 0.29) is 35.0 Å². The number of hydrogen-bond acceptors (Lipinski definition) is 5. The summed E-state index contributed by atoms with van der Waals surface area (Å²) in [6.07, 6.45) is 5.24. The van der Waals surface area contributed by atoms with E-state index in [0.29, 0.717) is 25.9 Å². The lowest BCUT2D eigenvalue weighted by Crippen LogP contribution is -2.54. The second kappa shape index (κ2) is 5.16. The van der Waals surface area contributed by atoms with Gasteiger partial charge in [0.1, 0.15) is 0 Å². The molecule has 5 nitrogen and oxygen atoms in total. The van der Waals surface area contributed by atoms with E-state index >= 15 is 0 Å². The lowest BCUT2D eigenvalue weighted by atomic mass is 9.51. The lowest BCUT2D eigenvalue weighted by Gasteiger charge is -2.55. The van der Waals surface area contributed by atoms with Gasteiger partial charge in [0.15, 0.2) is 11.6 Å². The van der Waals surface area contributed by atoms with Crippen molar-refractivity contribution in [2.24, 2.45) is 17.3 Å². The molecule has 1 saturated heterocycles. The first-order valence-corrected chi connectivity index (χ1v) is 8.50. The quantitative estimate of drug-likeness (QED) is 0.410. The highest BCUT2D eigenvalue weighted by Gasteiger charge is 2.57. The zero-order valence-corrected chi connectivity index (χ0v) is 13.4. The SMILES string of the molecule is CC12CCC3(CC1=CCC1C(=O)/C(=C\[O-])CC(O)C12)OCCO3. The van der Waals surface area contributed by atoms with E-state index in [2.05, 4.69) is 13.0 Å². The second-order valence-electron chi connectivity index (χ2n) is 7.58. The molecular weight excluding hydrogens is 296 g/mol. The van der Waals surface area contributed by atoms with Crippen LogP contribution in [0.1, 0.15) is 39.0 Å². The molecule has 4 aliphatic rings. The lowest BCUT2D eigenvalue weighted by molar-refractivity contribution is -0.276. The predicted octanol–water partition coefficient (Wildman–Crippen LogP) is 1.06. The fraction of sp³-hybridized carbons (Fsp3) is 0.722. The molecule has 3 fully saturated rings.